The number of hydrogen-bond donors (Lipinski definition) is 2. The van der Waals surface area contributed by atoms with Crippen LogP contribution in [0.1, 0.15) is 59.8 Å². The highest BCUT2D eigenvalue weighted by atomic mass is 16.4. The monoisotopic (exact) mass is 298 g/mol. The first-order valence-corrected chi connectivity index (χ1v) is 8.66. The van der Waals surface area contributed by atoms with Gasteiger partial charge in [0.1, 0.15) is 5.54 Å². The summed E-state index contributed by atoms with van der Waals surface area (Å²) in [4.78, 5) is 14.2. The van der Waals surface area contributed by atoms with Gasteiger partial charge in [0.05, 0.1) is 0 Å². The summed E-state index contributed by atoms with van der Waals surface area (Å²) < 4.78 is 0. The zero-order chi connectivity index (χ0) is 15.9. The van der Waals surface area contributed by atoms with Gasteiger partial charge in [-0.15, -0.1) is 0 Å². The van der Waals surface area contributed by atoms with E-state index < -0.39 is 11.5 Å². The number of carbonyl (C=O) groups is 1. The average molecular weight is 298 g/mol. The van der Waals surface area contributed by atoms with Crippen LogP contribution in [-0.2, 0) is 4.79 Å². The summed E-state index contributed by atoms with van der Waals surface area (Å²) in [6.07, 6.45) is 4.60. The standard InChI is InChI=1S/C17H34N2O2/c1-5-10-18-17(6-2,16(20)21)9-7-11-19-12-8-15(13-19)14(3)4/h14-15,18H,5-13H2,1-4H3,(H,20,21). The van der Waals surface area contributed by atoms with Gasteiger partial charge in [0.2, 0.25) is 0 Å². The van der Waals surface area contributed by atoms with E-state index in [2.05, 4.69) is 31.0 Å². The maximum absolute atomic E-state index is 11.7. The lowest BCUT2D eigenvalue weighted by Crippen LogP contribution is -2.52. The van der Waals surface area contributed by atoms with Crippen molar-refractivity contribution in [3.8, 4) is 0 Å². The molecule has 1 fully saturated rings. The number of aliphatic carboxylic acids is 1. The highest BCUT2D eigenvalue weighted by Gasteiger charge is 2.35. The minimum atomic E-state index is -0.729. The summed E-state index contributed by atoms with van der Waals surface area (Å²) >= 11 is 0. The van der Waals surface area contributed by atoms with Crippen LogP contribution in [0.5, 0.6) is 0 Å². The lowest BCUT2D eigenvalue weighted by molar-refractivity contribution is -0.145. The van der Waals surface area contributed by atoms with Crippen LogP contribution in [0.15, 0.2) is 0 Å². The fourth-order valence-corrected chi connectivity index (χ4v) is 3.30. The molecule has 0 bridgehead atoms. The van der Waals surface area contributed by atoms with Gasteiger partial charge in [-0.05, 0) is 63.6 Å². The van der Waals surface area contributed by atoms with Gasteiger partial charge in [-0.25, -0.2) is 0 Å². The minimum absolute atomic E-state index is 0.650. The van der Waals surface area contributed by atoms with Crippen molar-refractivity contribution in [1.29, 1.82) is 0 Å². The lowest BCUT2D eigenvalue weighted by atomic mass is 9.90. The second-order valence-corrected chi connectivity index (χ2v) is 6.86. The molecule has 1 rings (SSSR count). The fourth-order valence-electron chi connectivity index (χ4n) is 3.30. The highest BCUT2D eigenvalue weighted by Crippen LogP contribution is 2.25. The molecule has 21 heavy (non-hydrogen) atoms. The molecule has 4 heteroatoms. The van der Waals surface area contributed by atoms with Gasteiger partial charge in [-0.3, -0.25) is 4.79 Å². The van der Waals surface area contributed by atoms with Crippen LogP contribution in [0.3, 0.4) is 0 Å². The number of carboxylic acid groups (broad SMARTS) is 1. The van der Waals surface area contributed by atoms with Gasteiger partial charge in [0.25, 0.3) is 0 Å². The van der Waals surface area contributed by atoms with Crippen molar-refractivity contribution < 1.29 is 9.90 Å². The number of hydrogen-bond acceptors (Lipinski definition) is 3. The van der Waals surface area contributed by atoms with Gasteiger partial charge in [0, 0.05) is 6.54 Å². The van der Waals surface area contributed by atoms with E-state index in [1.165, 1.54) is 19.5 Å². The smallest absolute Gasteiger partial charge is 0.323 e. The van der Waals surface area contributed by atoms with Crippen LogP contribution < -0.4 is 5.32 Å². The first-order valence-electron chi connectivity index (χ1n) is 8.66. The molecule has 0 aromatic carbocycles. The Labute approximate surface area is 130 Å². The van der Waals surface area contributed by atoms with Crippen molar-refractivity contribution in [2.24, 2.45) is 11.8 Å². The topological polar surface area (TPSA) is 52.6 Å². The molecule has 0 radical (unpaired) electrons. The first kappa shape index (κ1) is 18.4. The molecule has 124 valence electrons. The second kappa shape index (κ2) is 8.74. The Kier molecular flexibility index (Phi) is 7.67. The molecule has 2 N–H and O–H groups in total. The minimum Gasteiger partial charge on any atom is -0.480 e. The van der Waals surface area contributed by atoms with E-state index in [0.29, 0.717) is 6.42 Å². The predicted molar refractivity (Wildman–Crippen MR) is 87.6 cm³/mol. The van der Waals surface area contributed by atoms with Crippen molar-refractivity contribution in [2.75, 3.05) is 26.2 Å². The quantitative estimate of drug-likeness (QED) is 0.651. The normalized spacial score (nSPS) is 22.6. The van der Waals surface area contributed by atoms with Crippen molar-refractivity contribution in [3.05, 3.63) is 0 Å². The van der Waals surface area contributed by atoms with E-state index in [4.69, 9.17) is 0 Å². The molecule has 0 aromatic rings. The summed E-state index contributed by atoms with van der Waals surface area (Å²) in [5, 5.41) is 12.8. The summed E-state index contributed by atoms with van der Waals surface area (Å²) in [6, 6.07) is 0. The Balaban J connectivity index is 2.42. The third-order valence-electron chi connectivity index (χ3n) is 5.06. The molecule has 1 saturated heterocycles. The molecular weight excluding hydrogens is 264 g/mol. The van der Waals surface area contributed by atoms with Crippen molar-refractivity contribution in [1.82, 2.24) is 10.2 Å². The zero-order valence-corrected chi connectivity index (χ0v) is 14.3. The fraction of sp³-hybridized carbons (Fsp3) is 0.941. The van der Waals surface area contributed by atoms with Gasteiger partial charge >= 0.3 is 5.97 Å². The van der Waals surface area contributed by atoms with E-state index in [1.807, 2.05) is 6.92 Å². The summed E-state index contributed by atoms with van der Waals surface area (Å²) in [6.45, 7) is 12.8. The molecule has 0 spiro atoms. The molecule has 2 atom stereocenters. The number of rotatable bonds is 10. The predicted octanol–water partition coefficient (Wildman–Crippen LogP) is 2.98. The molecule has 2 unspecified atom stereocenters. The van der Waals surface area contributed by atoms with E-state index in [1.54, 1.807) is 0 Å². The van der Waals surface area contributed by atoms with Crippen LogP contribution >= 0.6 is 0 Å². The largest absolute Gasteiger partial charge is 0.480 e. The number of nitrogens with zero attached hydrogens (tertiary/aromatic N) is 1. The van der Waals surface area contributed by atoms with E-state index in [-0.39, 0.29) is 0 Å². The second-order valence-electron chi connectivity index (χ2n) is 6.86. The van der Waals surface area contributed by atoms with E-state index in [9.17, 15) is 9.90 Å². The van der Waals surface area contributed by atoms with Crippen LogP contribution in [0, 0.1) is 11.8 Å². The molecule has 0 saturated carbocycles. The third-order valence-corrected chi connectivity index (χ3v) is 5.06. The summed E-state index contributed by atoms with van der Waals surface area (Å²) in [7, 11) is 0. The Bertz CT molecular complexity index is 320. The SMILES string of the molecule is CCCNC(CC)(CCCN1CCC(C(C)C)C1)C(=O)O. The van der Waals surface area contributed by atoms with Gasteiger partial charge in [-0.1, -0.05) is 27.7 Å². The molecule has 1 heterocycles. The summed E-state index contributed by atoms with van der Waals surface area (Å²) in [5.74, 6) is 0.883. The Morgan fingerprint density at radius 3 is 2.62 bits per heavy atom. The molecule has 0 aliphatic carbocycles. The molecule has 1 aliphatic rings. The van der Waals surface area contributed by atoms with Crippen LogP contribution in [0.25, 0.3) is 0 Å². The maximum atomic E-state index is 11.7. The molecule has 0 aromatic heterocycles. The Morgan fingerprint density at radius 2 is 2.14 bits per heavy atom. The van der Waals surface area contributed by atoms with E-state index >= 15 is 0 Å². The number of carboxylic acids is 1. The van der Waals surface area contributed by atoms with Crippen molar-refractivity contribution >= 4 is 5.97 Å². The number of nitrogens with one attached hydrogen (secondary N) is 1. The number of likely N-dealkylation sites (tertiary alicyclic amines) is 1. The van der Waals surface area contributed by atoms with E-state index in [0.717, 1.165) is 44.2 Å². The van der Waals surface area contributed by atoms with Gasteiger partial charge < -0.3 is 15.3 Å². The first-order chi connectivity index (χ1) is 9.95. The van der Waals surface area contributed by atoms with Gasteiger partial charge in [0.15, 0.2) is 0 Å². The van der Waals surface area contributed by atoms with Crippen molar-refractivity contribution in [2.45, 2.75) is 65.3 Å². The Hall–Kier alpha value is -0.610. The zero-order valence-electron chi connectivity index (χ0n) is 14.3. The molecule has 0 amide bonds. The summed E-state index contributed by atoms with van der Waals surface area (Å²) in [5.41, 5.74) is -0.729. The van der Waals surface area contributed by atoms with Crippen molar-refractivity contribution in [3.63, 3.8) is 0 Å². The maximum Gasteiger partial charge on any atom is 0.323 e. The van der Waals surface area contributed by atoms with Crippen LogP contribution in [-0.4, -0.2) is 47.7 Å². The molecule has 1 aliphatic heterocycles. The Morgan fingerprint density at radius 1 is 1.43 bits per heavy atom. The van der Waals surface area contributed by atoms with Crippen LogP contribution in [0.2, 0.25) is 0 Å². The van der Waals surface area contributed by atoms with Gasteiger partial charge in [-0.2, -0.15) is 0 Å². The molecular formula is C17H34N2O2. The lowest BCUT2D eigenvalue weighted by Gasteiger charge is -2.30. The average Bonchev–Trinajstić information content (AvgIpc) is 2.91. The third kappa shape index (κ3) is 5.26. The highest BCUT2D eigenvalue weighted by molar-refractivity contribution is 5.78. The molecule has 4 nitrogen and oxygen atoms in total. The van der Waals surface area contributed by atoms with Crippen LogP contribution in [0.4, 0.5) is 0 Å².